The summed E-state index contributed by atoms with van der Waals surface area (Å²) >= 11 is 1.41. The van der Waals surface area contributed by atoms with Crippen LogP contribution in [0.25, 0.3) is 11.1 Å². The van der Waals surface area contributed by atoms with Crippen LogP contribution in [0.1, 0.15) is 19.8 Å². The van der Waals surface area contributed by atoms with Gasteiger partial charge in [0.25, 0.3) is 5.22 Å². The normalized spacial score (nSPS) is 18.1. The summed E-state index contributed by atoms with van der Waals surface area (Å²) < 4.78 is 5.64. The van der Waals surface area contributed by atoms with Gasteiger partial charge in [0, 0.05) is 11.8 Å². The van der Waals surface area contributed by atoms with Gasteiger partial charge < -0.3 is 15.5 Å². The third kappa shape index (κ3) is 2.81. The van der Waals surface area contributed by atoms with E-state index in [2.05, 4.69) is 10.3 Å². The summed E-state index contributed by atoms with van der Waals surface area (Å²) in [4.78, 5) is 16.1. The molecule has 1 aromatic heterocycles. The number of aromatic nitrogens is 1. The van der Waals surface area contributed by atoms with Crippen LogP contribution in [-0.4, -0.2) is 28.2 Å². The summed E-state index contributed by atoms with van der Waals surface area (Å²) in [7, 11) is 0. The zero-order valence-corrected chi connectivity index (χ0v) is 12.1. The molecule has 1 aliphatic rings. The second-order valence-electron chi connectivity index (χ2n) is 5.35. The number of hydrogen-bond acceptors (Lipinski definition) is 5. The maximum absolute atomic E-state index is 11.7. The van der Waals surface area contributed by atoms with Gasteiger partial charge in [0.2, 0.25) is 5.91 Å². The van der Waals surface area contributed by atoms with Crippen LogP contribution in [0.3, 0.4) is 0 Å². The number of rotatable bonds is 6. The highest BCUT2D eigenvalue weighted by atomic mass is 32.2. The van der Waals surface area contributed by atoms with Crippen molar-refractivity contribution in [2.75, 3.05) is 5.75 Å². The largest absolute Gasteiger partial charge is 0.431 e. The van der Waals surface area contributed by atoms with Gasteiger partial charge in [-0.2, -0.15) is 0 Å². The monoisotopic (exact) mass is 291 g/mol. The van der Waals surface area contributed by atoms with E-state index >= 15 is 0 Å². The van der Waals surface area contributed by atoms with Crippen molar-refractivity contribution >= 4 is 28.8 Å². The molecule has 2 aromatic rings. The standard InChI is InChI=1S/C14H17N3O2S/c1-14(12(15)18,17-9-6-7-9)8-20-13-16-10-4-2-3-5-11(10)19-13/h2-5,9,17H,6-8H2,1H3,(H2,15,18). The minimum absolute atomic E-state index is 0.340. The first kappa shape index (κ1) is 13.5. The summed E-state index contributed by atoms with van der Waals surface area (Å²) in [5.41, 5.74) is 6.37. The molecular formula is C14H17N3O2S. The highest BCUT2D eigenvalue weighted by molar-refractivity contribution is 7.99. The molecule has 0 spiro atoms. The van der Waals surface area contributed by atoms with Crippen molar-refractivity contribution in [3.05, 3.63) is 24.3 Å². The zero-order chi connectivity index (χ0) is 14.2. The van der Waals surface area contributed by atoms with Crippen molar-refractivity contribution < 1.29 is 9.21 Å². The number of oxazole rings is 1. The van der Waals surface area contributed by atoms with Crippen molar-refractivity contribution in [1.82, 2.24) is 10.3 Å². The molecule has 1 aliphatic carbocycles. The second kappa shape index (κ2) is 5.10. The Morgan fingerprint density at radius 2 is 2.30 bits per heavy atom. The predicted molar refractivity (Wildman–Crippen MR) is 78.5 cm³/mol. The number of primary amides is 1. The van der Waals surface area contributed by atoms with Gasteiger partial charge in [0.1, 0.15) is 11.1 Å². The molecule has 1 fully saturated rings. The van der Waals surface area contributed by atoms with Gasteiger partial charge in [-0.05, 0) is 31.9 Å². The van der Waals surface area contributed by atoms with Crippen molar-refractivity contribution in [2.45, 2.75) is 36.6 Å². The molecule has 3 N–H and O–H groups in total. The number of carbonyl (C=O) groups is 1. The number of amides is 1. The van der Waals surface area contributed by atoms with E-state index in [1.54, 1.807) is 0 Å². The molecule has 0 saturated heterocycles. The third-order valence-electron chi connectivity index (χ3n) is 3.40. The van der Waals surface area contributed by atoms with Gasteiger partial charge in [0.05, 0.1) is 0 Å². The topological polar surface area (TPSA) is 81.2 Å². The molecule has 1 unspecified atom stereocenters. The van der Waals surface area contributed by atoms with Gasteiger partial charge in [-0.25, -0.2) is 4.98 Å². The molecule has 20 heavy (non-hydrogen) atoms. The quantitative estimate of drug-likeness (QED) is 0.795. The van der Waals surface area contributed by atoms with E-state index in [1.807, 2.05) is 31.2 Å². The Hall–Kier alpha value is -1.53. The van der Waals surface area contributed by atoms with Crippen molar-refractivity contribution in [3.63, 3.8) is 0 Å². The van der Waals surface area contributed by atoms with Crippen LogP contribution in [0.2, 0.25) is 0 Å². The minimum atomic E-state index is -0.730. The Labute approximate surface area is 121 Å². The van der Waals surface area contributed by atoms with Crippen molar-refractivity contribution in [1.29, 1.82) is 0 Å². The van der Waals surface area contributed by atoms with E-state index in [0.717, 1.165) is 23.9 Å². The lowest BCUT2D eigenvalue weighted by Gasteiger charge is -2.26. The summed E-state index contributed by atoms with van der Waals surface area (Å²) in [6, 6.07) is 8.02. The molecule has 0 radical (unpaired) electrons. The first-order chi connectivity index (χ1) is 9.57. The maximum Gasteiger partial charge on any atom is 0.256 e. The van der Waals surface area contributed by atoms with Gasteiger partial charge in [-0.15, -0.1) is 0 Å². The number of nitrogens with two attached hydrogens (primary N) is 1. The number of nitrogens with one attached hydrogen (secondary N) is 1. The number of carbonyl (C=O) groups excluding carboxylic acids is 1. The first-order valence-corrected chi connectivity index (χ1v) is 7.61. The lowest BCUT2D eigenvalue weighted by atomic mass is 10.1. The highest BCUT2D eigenvalue weighted by Gasteiger charge is 2.37. The molecule has 1 amide bonds. The number of fused-ring (bicyclic) bond motifs is 1. The van der Waals surface area contributed by atoms with Crippen molar-refractivity contribution in [3.8, 4) is 0 Å². The van der Waals surface area contributed by atoms with Crippen LogP contribution in [0, 0.1) is 0 Å². The van der Waals surface area contributed by atoms with E-state index in [1.165, 1.54) is 11.8 Å². The summed E-state index contributed by atoms with van der Waals surface area (Å²) in [6.45, 7) is 1.84. The fraction of sp³-hybridized carbons (Fsp3) is 0.429. The maximum atomic E-state index is 11.7. The van der Waals surface area contributed by atoms with Crippen LogP contribution in [0.4, 0.5) is 0 Å². The fourth-order valence-electron chi connectivity index (χ4n) is 1.98. The summed E-state index contributed by atoms with van der Waals surface area (Å²) in [5.74, 6) is 0.166. The predicted octanol–water partition coefficient (Wildman–Crippen LogP) is 1.92. The lowest BCUT2D eigenvalue weighted by Crippen LogP contribution is -2.55. The van der Waals surface area contributed by atoms with E-state index in [0.29, 0.717) is 17.0 Å². The molecule has 1 aromatic carbocycles. The molecule has 1 heterocycles. The molecule has 1 saturated carbocycles. The Balaban J connectivity index is 1.71. The van der Waals surface area contributed by atoms with E-state index in [9.17, 15) is 4.79 Å². The fourth-order valence-corrected chi connectivity index (χ4v) is 2.93. The molecule has 106 valence electrons. The Kier molecular flexibility index (Phi) is 3.43. The zero-order valence-electron chi connectivity index (χ0n) is 11.3. The summed E-state index contributed by atoms with van der Waals surface area (Å²) in [6.07, 6.45) is 2.22. The highest BCUT2D eigenvalue weighted by Crippen LogP contribution is 2.28. The van der Waals surface area contributed by atoms with Gasteiger partial charge in [-0.3, -0.25) is 4.79 Å². The smallest absolute Gasteiger partial charge is 0.256 e. The summed E-state index contributed by atoms with van der Waals surface area (Å²) in [5, 5.41) is 3.87. The van der Waals surface area contributed by atoms with Crippen LogP contribution < -0.4 is 11.1 Å². The third-order valence-corrected chi connectivity index (χ3v) is 4.55. The molecular weight excluding hydrogens is 274 g/mol. The van der Waals surface area contributed by atoms with Crippen LogP contribution in [0.15, 0.2) is 33.9 Å². The molecule has 5 nitrogen and oxygen atoms in total. The molecule has 3 rings (SSSR count). The molecule has 0 aliphatic heterocycles. The molecule has 0 bridgehead atoms. The van der Waals surface area contributed by atoms with Gasteiger partial charge in [-0.1, -0.05) is 23.9 Å². The number of para-hydroxylation sites is 2. The Morgan fingerprint density at radius 3 is 2.95 bits per heavy atom. The van der Waals surface area contributed by atoms with Crippen LogP contribution in [0.5, 0.6) is 0 Å². The first-order valence-electron chi connectivity index (χ1n) is 6.63. The number of thioether (sulfide) groups is 1. The average molecular weight is 291 g/mol. The SMILES string of the molecule is CC(CSc1nc2ccccc2o1)(NC1CC1)C(N)=O. The van der Waals surface area contributed by atoms with Gasteiger partial charge in [0.15, 0.2) is 5.58 Å². The Morgan fingerprint density at radius 1 is 1.55 bits per heavy atom. The molecule has 6 heteroatoms. The lowest BCUT2D eigenvalue weighted by molar-refractivity contribution is -0.123. The van der Waals surface area contributed by atoms with Gasteiger partial charge >= 0.3 is 0 Å². The number of benzene rings is 1. The van der Waals surface area contributed by atoms with E-state index in [-0.39, 0.29) is 5.91 Å². The average Bonchev–Trinajstić information content (AvgIpc) is 3.12. The van der Waals surface area contributed by atoms with Crippen LogP contribution in [-0.2, 0) is 4.79 Å². The molecule has 1 atom stereocenters. The van der Waals surface area contributed by atoms with E-state index < -0.39 is 5.54 Å². The number of hydrogen-bond donors (Lipinski definition) is 2. The van der Waals surface area contributed by atoms with E-state index in [4.69, 9.17) is 10.2 Å². The number of nitrogens with zero attached hydrogens (tertiary/aromatic N) is 1. The van der Waals surface area contributed by atoms with Crippen LogP contribution >= 0.6 is 11.8 Å². The van der Waals surface area contributed by atoms with Crippen molar-refractivity contribution in [2.24, 2.45) is 5.73 Å². The Bertz CT molecular complexity index is 605. The minimum Gasteiger partial charge on any atom is -0.431 e. The second-order valence-corrected chi connectivity index (χ2v) is 6.28.